The molecule has 0 heterocycles. The Bertz CT molecular complexity index is 1210. The summed E-state index contributed by atoms with van der Waals surface area (Å²) in [7, 11) is 0. The van der Waals surface area contributed by atoms with Crippen LogP contribution in [0.5, 0.6) is 11.5 Å². The molecule has 3 aromatic carbocycles. The Kier molecular flexibility index (Phi) is 8.12. The monoisotopic (exact) mass is 460 g/mol. The van der Waals surface area contributed by atoms with Crippen LogP contribution in [0.15, 0.2) is 66.2 Å². The Morgan fingerprint density at radius 1 is 1.09 bits per heavy atom. The van der Waals surface area contributed by atoms with Crippen molar-refractivity contribution in [2.75, 3.05) is 11.9 Å². The first-order valence-electron chi connectivity index (χ1n) is 10.5. The van der Waals surface area contributed by atoms with E-state index in [1.54, 1.807) is 18.2 Å². The van der Waals surface area contributed by atoms with Gasteiger partial charge in [0.15, 0.2) is 11.5 Å². The molecule has 168 valence electrons. The smallest absolute Gasteiger partial charge is 0.266 e. The summed E-state index contributed by atoms with van der Waals surface area (Å²) < 4.78 is 11.7. The topological polar surface area (TPSA) is 71.3 Å². The number of carbonyl (C=O) groups is 1. The fourth-order valence-electron chi connectivity index (χ4n) is 3.13. The molecule has 0 aliphatic rings. The molecule has 0 aromatic heterocycles. The summed E-state index contributed by atoms with van der Waals surface area (Å²) in [6.07, 6.45) is 1.48. The zero-order valence-corrected chi connectivity index (χ0v) is 19.6. The number of anilines is 1. The highest BCUT2D eigenvalue weighted by Crippen LogP contribution is 2.38. The lowest BCUT2D eigenvalue weighted by molar-refractivity contribution is -0.112. The number of halogens is 1. The molecule has 0 fully saturated rings. The van der Waals surface area contributed by atoms with Crippen LogP contribution in [-0.4, -0.2) is 12.5 Å². The van der Waals surface area contributed by atoms with Crippen molar-refractivity contribution in [1.29, 1.82) is 5.26 Å². The van der Waals surface area contributed by atoms with E-state index in [1.165, 1.54) is 11.6 Å². The molecule has 0 bridgehead atoms. The van der Waals surface area contributed by atoms with Gasteiger partial charge in [-0.1, -0.05) is 59.6 Å². The molecule has 3 rings (SSSR count). The molecule has 1 N–H and O–H groups in total. The summed E-state index contributed by atoms with van der Waals surface area (Å²) >= 11 is 6.50. The normalized spacial score (nSPS) is 10.9. The fraction of sp³-hybridized carbons (Fsp3) is 0.185. The third kappa shape index (κ3) is 6.38. The van der Waals surface area contributed by atoms with Crippen LogP contribution >= 0.6 is 11.6 Å². The van der Waals surface area contributed by atoms with Gasteiger partial charge in [-0.3, -0.25) is 4.79 Å². The molecule has 6 heteroatoms. The minimum Gasteiger partial charge on any atom is -0.490 e. The highest BCUT2D eigenvalue weighted by atomic mass is 35.5. The van der Waals surface area contributed by atoms with Crippen molar-refractivity contribution in [2.45, 2.75) is 27.4 Å². The molecule has 0 spiro atoms. The number of amides is 1. The van der Waals surface area contributed by atoms with E-state index in [-0.39, 0.29) is 5.57 Å². The molecule has 0 saturated carbocycles. The number of benzene rings is 3. The van der Waals surface area contributed by atoms with E-state index in [9.17, 15) is 10.1 Å². The number of nitrogens with one attached hydrogen (secondary N) is 1. The summed E-state index contributed by atoms with van der Waals surface area (Å²) in [5.41, 5.74) is 4.23. The number of rotatable bonds is 8. The minimum absolute atomic E-state index is 0.0508. The molecule has 0 atom stereocenters. The van der Waals surface area contributed by atoms with Crippen molar-refractivity contribution >= 4 is 29.3 Å². The zero-order chi connectivity index (χ0) is 23.8. The number of ether oxygens (including phenoxy) is 2. The number of para-hydroxylation sites is 1. The van der Waals surface area contributed by atoms with Crippen molar-refractivity contribution < 1.29 is 14.3 Å². The molecule has 0 aliphatic carbocycles. The molecular weight excluding hydrogens is 436 g/mol. The van der Waals surface area contributed by atoms with Crippen molar-refractivity contribution in [1.82, 2.24) is 0 Å². The van der Waals surface area contributed by atoms with E-state index in [2.05, 4.69) is 5.32 Å². The van der Waals surface area contributed by atoms with Crippen LogP contribution in [0.25, 0.3) is 6.08 Å². The van der Waals surface area contributed by atoms with Gasteiger partial charge >= 0.3 is 0 Å². The number of carbonyl (C=O) groups excluding carboxylic acids is 1. The van der Waals surface area contributed by atoms with Gasteiger partial charge < -0.3 is 14.8 Å². The quantitative estimate of drug-likeness (QED) is 0.308. The SMILES string of the molecule is CCOc1cc(/C=C(\C#N)C(=O)Nc2ccccc2C)cc(Cl)c1OCc1ccc(C)cc1. The highest BCUT2D eigenvalue weighted by Gasteiger charge is 2.15. The molecule has 1 amide bonds. The van der Waals surface area contributed by atoms with Crippen LogP contribution in [0.3, 0.4) is 0 Å². The molecule has 3 aromatic rings. The van der Waals surface area contributed by atoms with Crippen molar-refractivity contribution in [3.8, 4) is 17.6 Å². The van der Waals surface area contributed by atoms with Crippen LogP contribution < -0.4 is 14.8 Å². The van der Waals surface area contributed by atoms with Crippen LogP contribution in [-0.2, 0) is 11.4 Å². The maximum absolute atomic E-state index is 12.7. The number of hydrogen-bond acceptors (Lipinski definition) is 4. The van der Waals surface area contributed by atoms with E-state index >= 15 is 0 Å². The maximum Gasteiger partial charge on any atom is 0.266 e. The molecular formula is C27H25ClN2O3. The first-order chi connectivity index (χ1) is 15.9. The van der Waals surface area contributed by atoms with Crippen LogP contribution in [0, 0.1) is 25.2 Å². The summed E-state index contributed by atoms with van der Waals surface area (Å²) in [4.78, 5) is 12.7. The van der Waals surface area contributed by atoms with E-state index in [4.69, 9.17) is 21.1 Å². The average Bonchev–Trinajstić information content (AvgIpc) is 2.79. The van der Waals surface area contributed by atoms with Gasteiger partial charge in [0.1, 0.15) is 18.2 Å². The third-order valence-corrected chi connectivity index (χ3v) is 5.19. The Labute approximate surface area is 199 Å². The number of nitriles is 1. The lowest BCUT2D eigenvalue weighted by atomic mass is 10.1. The van der Waals surface area contributed by atoms with Gasteiger partial charge in [-0.05, 0) is 61.7 Å². The van der Waals surface area contributed by atoms with Crippen LogP contribution in [0.2, 0.25) is 5.02 Å². The summed E-state index contributed by atoms with van der Waals surface area (Å²) in [6.45, 7) is 6.50. The van der Waals surface area contributed by atoms with Crippen LogP contribution in [0.4, 0.5) is 5.69 Å². The Hall–Kier alpha value is -3.75. The van der Waals surface area contributed by atoms with Gasteiger partial charge in [0.25, 0.3) is 5.91 Å². The van der Waals surface area contributed by atoms with Gasteiger partial charge in [-0.15, -0.1) is 0 Å². The molecule has 0 aliphatic heterocycles. The summed E-state index contributed by atoms with van der Waals surface area (Å²) in [6, 6.07) is 20.7. The number of aryl methyl sites for hydroxylation is 2. The zero-order valence-electron chi connectivity index (χ0n) is 18.8. The summed E-state index contributed by atoms with van der Waals surface area (Å²) in [5.74, 6) is 0.361. The predicted molar refractivity (Wildman–Crippen MR) is 132 cm³/mol. The first kappa shape index (κ1) is 23.9. The predicted octanol–water partition coefficient (Wildman–Crippen LogP) is 6.48. The maximum atomic E-state index is 12.7. The number of nitrogens with zero attached hydrogens (tertiary/aromatic N) is 1. The molecule has 0 unspecified atom stereocenters. The first-order valence-corrected chi connectivity index (χ1v) is 10.9. The van der Waals surface area contributed by atoms with E-state index in [0.717, 1.165) is 11.1 Å². The second kappa shape index (κ2) is 11.2. The van der Waals surface area contributed by atoms with Crippen molar-refractivity contribution in [3.05, 3.63) is 93.5 Å². The fourth-order valence-corrected chi connectivity index (χ4v) is 3.41. The highest BCUT2D eigenvalue weighted by molar-refractivity contribution is 6.32. The van der Waals surface area contributed by atoms with E-state index < -0.39 is 5.91 Å². The molecule has 5 nitrogen and oxygen atoms in total. The van der Waals surface area contributed by atoms with Crippen molar-refractivity contribution in [2.24, 2.45) is 0 Å². The van der Waals surface area contributed by atoms with Crippen LogP contribution in [0.1, 0.15) is 29.2 Å². The van der Waals surface area contributed by atoms with E-state index in [1.807, 2.05) is 69.3 Å². The molecule has 0 radical (unpaired) electrons. The lowest BCUT2D eigenvalue weighted by Crippen LogP contribution is -2.14. The summed E-state index contributed by atoms with van der Waals surface area (Å²) in [5, 5.41) is 12.7. The van der Waals surface area contributed by atoms with Gasteiger partial charge in [-0.25, -0.2) is 0 Å². The largest absolute Gasteiger partial charge is 0.490 e. The second-order valence-electron chi connectivity index (χ2n) is 7.48. The second-order valence-corrected chi connectivity index (χ2v) is 7.88. The Balaban J connectivity index is 1.85. The van der Waals surface area contributed by atoms with Gasteiger partial charge in [0, 0.05) is 5.69 Å². The van der Waals surface area contributed by atoms with Crippen molar-refractivity contribution in [3.63, 3.8) is 0 Å². The Morgan fingerprint density at radius 3 is 2.48 bits per heavy atom. The minimum atomic E-state index is -0.499. The average molecular weight is 461 g/mol. The molecule has 33 heavy (non-hydrogen) atoms. The lowest BCUT2D eigenvalue weighted by Gasteiger charge is -2.15. The van der Waals surface area contributed by atoms with E-state index in [0.29, 0.717) is 41.0 Å². The van der Waals surface area contributed by atoms with Gasteiger partial charge in [-0.2, -0.15) is 5.26 Å². The molecule has 0 saturated heterocycles. The number of hydrogen-bond donors (Lipinski definition) is 1. The third-order valence-electron chi connectivity index (χ3n) is 4.90. The standard InChI is InChI=1S/C27H25ClN2O3/c1-4-32-25-15-21(13-22(16-29)27(31)30-24-8-6-5-7-19(24)3)14-23(28)26(25)33-17-20-11-9-18(2)10-12-20/h5-15H,4,17H2,1-3H3,(H,30,31)/b22-13+. The van der Waals surface area contributed by atoms with Gasteiger partial charge in [0.2, 0.25) is 0 Å². The Morgan fingerprint density at radius 2 is 1.82 bits per heavy atom. The van der Waals surface area contributed by atoms with Gasteiger partial charge in [0.05, 0.1) is 11.6 Å².